The van der Waals surface area contributed by atoms with E-state index in [4.69, 9.17) is 0 Å². The van der Waals surface area contributed by atoms with Crippen LogP contribution in [-0.4, -0.2) is 23.6 Å². The molecule has 0 aliphatic carbocycles. The summed E-state index contributed by atoms with van der Waals surface area (Å²) in [4.78, 5) is 27.3. The van der Waals surface area contributed by atoms with Crippen molar-refractivity contribution >= 4 is 33.4 Å². The van der Waals surface area contributed by atoms with Crippen molar-refractivity contribution in [3.8, 4) is 0 Å². The van der Waals surface area contributed by atoms with Crippen molar-refractivity contribution in [2.75, 3.05) is 7.11 Å². The zero-order valence-corrected chi connectivity index (χ0v) is 13.0. The second kappa shape index (κ2) is 6.35. The number of benzene rings is 1. The fourth-order valence-electron chi connectivity index (χ4n) is 1.78. The predicted molar refractivity (Wildman–Crippen MR) is 77.2 cm³/mol. The molecule has 0 saturated heterocycles. The molecule has 0 spiro atoms. The van der Waals surface area contributed by atoms with Crippen LogP contribution >= 0.6 is 11.3 Å². The summed E-state index contributed by atoms with van der Waals surface area (Å²) >= 11 is 0.938. The molecule has 0 N–H and O–H groups in total. The summed E-state index contributed by atoms with van der Waals surface area (Å²) in [6.07, 6.45) is 0. The van der Waals surface area contributed by atoms with Crippen LogP contribution in [0.5, 0.6) is 0 Å². The zero-order valence-electron chi connectivity index (χ0n) is 12.2. The van der Waals surface area contributed by atoms with E-state index in [0.29, 0.717) is 0 Å². The number of hydrogen-bond donors (Lipinski definition) is 0. The summed E-state index contributed by atoms with van der Waals surface area (Å²) in [7, 11) is 1.20. The van der Waals surface area contributed by atoms with Crippen LogP contribution in [-0.2, 0) is 20.9 Å². The first-order valence-electron chi connectivity index (χ1n) is 6.47. The maximum absolute atomic E-state index is 14.0. The largest absolute Gasteiger partial charge is 0.468 e. The van der Waals surface area contributed by atoms with Crippen LogP contribution in [0.15, 0.2) is 17.1 Å². The molecule has 1 heterocycles. The first kappa shape index (κ1) is 16.3. The van der Waals surface area contributed by atoms with Crippen molar-refractivity contribution in [1.82, 2.24) is 4.57 Å². The van der Waals surface area contributed by atoms with Gasteiger partial charge < -0.3 is 9.30 Å². The molecule has 1 amide bonds. The quantitative estimate of drug-likeness (QED) is 0.812. The Kier molecular flexibility index (Phi) is 4.70. The molecule has 8 heteroatoms. The van der Waals surface area contributed by atoms with Gasteiger partial charge in [0.2, 0.25) is 0 Å². The van der Waals surface area contributed by atoms with Crippen LogP contribution < -0.4 is 4.80 Å². The van der Waals surface area contributed by atoms with E-state index in [-0.39, 0.29) is 27.5 Å². The molecule has 0 bridgehead atoms. The van der Waals surface area contributed by atoms with E-state index in [2.05, 4.69) is 9.73 Å². The number of halogens is 2. The lowest BCUT2D eigenvalue weighted by Gasteiger charge is -2.04. The van der Waals surface area contributed by atoms with Crippen LogP contribution in [0.25, 0.3) is 10.2 Å². The standard InChI is InChI=1S/C14H14F2N2O3S/c1-7(2)13(20)17-14-18(6-11(19)21-3)12-9(16)4-8(15)5-10(12)22-14/h4-5,7H,6H2,1-3H3. The lowest BCUT2D eigenvalue weighted by molar-refractivity contribution is -0.141. The van der Waals surface area contributed by atoms with Crippen LogP contribution in [0.3, 0.4) is 0 Å². The molecule has 5 nitrogen and oxygen atoms in total. The van der Waals surface area contributed by atoms with Gasteiger partial charge in [0.1, 0.15) is 12.4 Å². The highest BCUT2D eigenvalue weighted by molar-refractivity contribution is 7.16. The van der Waals surface area contributed by atoms with Crippen LogP contribution in [0.2, 0.25) is 0 Å². The van der Waals surface area contributed by atoms with Crippen LogP contribution in [0.4, 0.5) is 8.78 Å². The number of aromatic nitrogens is 1. The first-order valence-corrected chi connectivity index (χ1v) is 7.29. The van der Waals surface area contributed by atoms with Gasteiger partial charge >= 0.3 is 5.97 Å². The number of carbonyl (C=O) groups is 2. The SMILES string of the molecule is COC(=O)Cn1c(=NC(=O)C(C)C)sc2cc(F)cc(F)c21. The lowest BCUT2D eigenvalue weighted by Crippen LogP contribution is -2.23. The molecule has 118 valence electrons. The molecular weight excluding hydrogens is 314 g/mol. The molecule has 2 rings (SSSR count). The summed E-state index contributed by atoms with van der Waals surface area (Å²) in [6.45, 7) is 3.03. The number of methoxy groups -OCH3 is 1. The third-order valence-electron chi connectivity index (χ3n) is 2.91. The van der Waals surface area contributed by atoms with E-state index < -0.39 is 23.5 Å². The van der Waals surface area contributed by atoms with Gasteiger partial charge in [-0.1, -0.05) is 25.2 Å². The molecule has 0 saturated carbocycles. The summed E-state index contributed by atoms with van der Waals surface area (Å²) in [6, 6.07) is 1.85. The van der Waals surface area contributed by atoms with Gasteiger partial charge in [-0.3, -0.25) is 9.59 Å². The molecule has 0 unspecified atom stereocenters. The smallest absolute Gasteiger partial charge is 0.325 e. The lowest BCUT2D eigenvalue weighted by atomic mass is 10.2. The summed E-state index contributed by atoms with van der Waals surface area (Å²) in [5.41, 5.74) is 0.0205. The Morgan fingerprint density at radius 3 is 2.64 bits per heavy atom. The predicted octanol–water partition coefficient (Wildman–Crippen LogP) is 2.24. The highest BCUT2D eigenvalue weighted by Crippen LogP contribution is 2.22. The van der Waals surface area contributed by atoms with Gasteiger partial charge in [-0.15, -0.1) is 0 Å². The van der Waals surface area contributed by atoms with Gasteiger partial charge in [-0.2, -0.15) is 4.99 Å². The third kappa shape index (κ3) is 3.22. The van der Waals surface area contributed by atoms with Crippen molar-refractivity contribution in [3.05, 3.63) is 28.6 Å². The number of rotatable bonds is 3. The fourth-order valence-corrected chi connectivity index (χ4v) is 2.85. The molecule has 2 aromatic rings. The van der Waals surface area contributed by atoms with Crippen molar-refractivity contribution < 1.29 is 23.1 Å². The van der Waals surface area contributed by atoms with Crippen molar-refractivity contribution in [2.45, 2.75) is 20.4 Å². The zero-order chi connectivity index (χ0) is 16.4. The Balaban J connectivity index is 2.74. The van der Waals surface area contributed by atoms with E-state index in [0.717, 1.165) is 23.5 Å². The van der Waals surface area contributed by atoms with E-state index >= 15 is 0 Å². The maximum Gasteiger partial charge on any atom is 0.325 e. The maximum atomic E-state index is 14.0. The Bertz CT molecular complexity index is 808. The van der Waals surface area contributed by atoms with E-state index in [9.17, 15) is 18.4 Å². The number of nitrogens with zero attached hydrogens (tertiary/aromatic N) is 2. The highest BCUT2D eigenvalue weighted by atomic mass is 32.1. The summed E-state index contributed by atoms with van der Waals surface area (Å²) < 4.78 is 33.4. The number of ether oxygens (including phenoxy) is 1. The monoisotopic (exact) mass is 328 g/mol. The minimum absolute atomic E-state index is 0.0205. The number of fused-ring (bicyclic) bond motifs is 1. The van der Waals surface area contributed by atoms with Crippen LogP contribution in [0, 0.1) is 17.6 Å². The van der Waals surface area contributed by atoms with Crippen LogP contribution in [0.1, 0.15) is 13.8 Å². The topological polar surface area (TPSA) is 60.7 Å². The number of carbonyl (C=O) groups excluding carboxylic acids is 2. The fraction of sp³-hybridized carbons (Fsp3) is 0.357. The number of esters is 1. The minimum atomic E-state index is -0.825. The average Bonchev–Trinajstić information content (AvgIpc) is 2.76. The molecule has 0 radical (unpaired) electrons. The molecule has 22 heavy (non-hydrogen) atoms. The molecule has 0 atom stereocenters. The third-order valence-corrected chi connectivity index (χ3v) is 3.94. The van der Waals surface area contributed by atoms with Crippen molar-refractivity contribution in [2.24, 2.45) is 10.9 Å². The number of thiazole rings is 1. The second-order valence-corrected chi connectivity index (χ2v) is 5.90. The summed E-state index contributed by atoms with van der Waals surface area (Å²) in [5.74, 6) is -2.95. The average molecular weight is 328 g/mol. The molecule has 1 aromatic heterocycles. The Hall–Kier alpha value is -2.09. The second-order valence-electron chi connectivity index (χ2n) is 4.89. The number of amides is 1. The first-order chi connectivity index (χ1) is 10.3. The molecule has 0 fully saturated rings. The normalized spacial score (nSPS) is 12.2. The molecule has 1 aromatic carbocycles. The van der Waals surface area contributed by atoms with Gasteiger partial charge in [0.15, 0.2) is 10.6 Å². The van der Waals surface area contributed by atoms with E-state index in [1.54, 1.807) is 13.8 Å². The van der Waals surface area contributed by atoms with Crippen molar-refractivity contribution in [3.63, 3.8) is 0 Å². The van der Waals surface area contributed by atoms with Gasteiger partial charge in [-0.05, 0) is 6.07 Å². The van der Waals surface area contributed by atoms with Gasteiger partial charge in [0, 0.05) is 12.0 Å². The molecular formula is C14H14F2N2O3S. The Morgan fingerprint density at radius 2 is 2.05 bits per heavy atom. The summed E-state index contributed by atoms with van der Waals surface area (Å²) in [5, 5.41) is 0. The van der Waals surface area contributed by atoms with Crippen molar-refractivity contribution in [1.29, 1.82) is 0 Å². The molecule has 0 aliphatic rings. The van der Waals surface area contributed by atoms with Gasteiger partial charge in [0.05, 0.1) is 17.3 Å². The van der Waals surface area contributed by atoms with E-state index in [1.807, 2.05) is 0 Å². The Labute approximate surface area is 128 Å². The van der Waals surface area contributed by atoms with E-state index in [1.165, 1.54) is 11.7 Å². The van der Waals surface area contributed by atoms with Gasteiger partial charge in [-0.25, -0.2) is 8.78 Å². The Morgan fingerprint density at radius 1 is 1.36 bits per heavy atom. The minimum Gasteiger partial charge on any atom is -0.468 e. The molecule has 0 aliphatic heterocycles. The number of hydrogen-bond acceptors (Lipinski definition) is 4. The highest BCUT2D eigenvalue weighted by Gasteiger charge is 2.17. The van der Waals surface area contributed by atoms with Gasteiger partial charge in [0.25, 0.3) is 5.91 Å².